The fourth-order valence-corrected chi connectivity index (χ4v) is 2.08. The number of carbonyl (C=O) groups is 2. The van der Waals surface area contributed by atoms with Crippen molar-refractivity contribution in [3.8, 4) is 11.3 Å². The van der Waals surface area contributed by atoms with Gasteiger partial charge in [0.15, 0.2) is 0 Å². The van der Waals surface area contributed by atoms with Crippen LogP contribution in [0.15, 0.2) is 54.9 Å². The van der Waals surface area contributed by atoms with Gasteiger partial charge < -0.3 is 10.2 Å². The molecule has 0 radical (unpaired) electrons. The molecule has 2 heterocycles. The Hall–Kier alpha value is -3.19. The number of carboxylic acid groups (broad SMARTS) is 2. The lowest BCUT2D eigenvalue weighted by molar-refractivity contribution is -0.134. The number of hydrogen-bond acceptors (Lipinski definition) is 4. The molecular formula is C16H12ClN3O4. The van der Waals surface area contributed by atoms with Crippen molar-refractivity contribution in [2.24, 2.45) is 0 Å². The van der Waals surface area contributed by atoms with Crippen LogP contribution < -0.4 is 0 Å². The number of halogens is 1. The van der Waals surface area contributed by atoms with Gasteiger partial charge in [-0.3, -0.25) is 10.1 Å². The zero-order valence-electron chi connectivity index (χ0n) is 12.2. The van der Waals surface area contributed by atoms with Gasteiger partial charge in [-0.15, -0.1) is 0 Å². The maximum atomic E-state index is 9.55. The summed E-state index contributed by atoms with van der Waals surface area (Å²) in [6, 6.07) is 9.54. The molecule has 24 heavy (non-hydrogen) atoms. The Kier molecular flexibility index (Phi) is 5.64. The summed E-state index contributed by atoms with van der Waals surface area (Å²) in [4.78, 5) is 23.2. The fourth-order valence-electron chi connectivity index (χ4n) is 1.86. The molecule has 122 valence electrons. The van der Waals surface area contributed by atoms with Gasteiger partial charge in [0.05, 0.1) is 10.5 Å². The zero-order chi connectivity index (χ0) is 17.5. The van der Waals surface area contributed by atoms with E-state index in [2.05, 4.69) is 15.2 Å². The van der Waals surface area contributed by atoms with Crippen molar-refractivity contribution in [2.75, 3.05) is 0 Å². The third-order valence-electron chi connectivity index (χ3n) is 2.86. The summed E-state index contributed by atoms with van der Waals surface area (Å²) in [7, 11) is 0. The summed E-state index contributed by atoms with van der Waals surface area (Å²) in [5.41, 5.74) is 2.72. The van der Waals surface area contributed by atoms with Crippen LogP contribution in [0.25, 0.3) is 22.2 Å². The Balaban J connectivity index is 0.000000224. The first kappa shape index (κ1) is 17.2. The van der Waals surface area contributed by atoms with Crippen molar-refractivity contribution in [2.45, 2.75) is 0 Å². The van der Waals surface area contributed by atoms with Gasteiger partial charge in [-0.25, -0.2) is 9.59 Å². The van der Waals surface area contributed by atoms with Crippen LogP contribution in [0, 0.1) is 0 Å². The van der Waals surface area contributed by atoms with E-state index in [-0.39, 0.29) is 0 Å². The molecule has 3 aromatic rings. The topological polar surface area (TPSA) is 116 Å². The van der Waals surface area contributed by atoms with Crippen LogP contribution in [-0.4, -0.2) is 37.3 Å². The van der Waals surface area contributed by atoms with Gasteiger partial charge >= 0.3 is 11.9 Å². The van der Waals surface area contributed by atoms with Crippen molar-refractivity contribution in [1.29, 1.82) is 0 Å². The molecule has 0 fully saturated rings. The smallest absolute Gasteiger partial charge is 0.328 e. The number of H-pyrrole nitrogens is 1. The zero-order valence-corrected chi connectivity index (χ0v) is 12.9. The molecular weight excluding hydrogens is 334 g/mol. The van der Waals surface area contributed by atoms with Gasteiger partial charge in [0, 0.05) is 35.5 Å². The Morgan fingerprint density at radius 1 is 1.08 bits per heavy atom. The number of carboxylic acids is 2. The van der Waals surface area contributed by atoms with Gasteiger partial charge in [-0.1, -0.05) is 29.8 Å². The average Bonchev–Trinajstić information content (AvgIpc) is 2.98. The summed E-state index contributed by atoms with van der Waals surface area (Å²) >= 11 is 6.14. The molecule has 0 atom stereocenters. The third-order valence-corrected chi connectivity index (χ3v) is 3.19. The van der Waals surface area contributed by atoms with E-state index in [0.717, 1.165) is 22.2 Å². The second-order valence-electron chi connectivity index (χ2n) is 4.48. The molecule has 0 unspecified atom stereocenters. The standard InChI is InChI=1S/C12H8ClN3.C4H4O4/c13-10-4-2-1-3-8(10)12-9-7-14-6-5-11(9)15-16-12;5-3(6)1-2-4(7)8/h1-7H,(H,15,16);1-2H,(H,5,6)(H,7,8). The minimum Gasteiger partial charge on any atom is -0.478 e. The van der Waals surface area contributed by atoms with Crippen LogP contribution in [0.4, 0.5) is 0 Å². The quantitative estimate of drug-likeness (QED) is 0.628. The molecule has 7 nitrogen and oxygen atoms in total. The van der Waals surface area contributed by atoms with Gasteiger partial charge in [0.1, 0.15) is 5.69 Å². The molecule has 8 heteroatoms. The Bertz CT molecular complexity index is 889. The molecule has 2 aromatic heterocycles. The number of aliphatic carboxylic acids is 2. The van der Waals surface area contributed by atoms with E-state index in [0.29, 0.717) is 17.2 Å². The van der Waals surface area contributed by atoms with Gasteiger partial charge in [-0.2, -0.15) is 5.10 Å². The van der Waals surface area contributed by atoms with Crippen molar-refractivity contribution in [3.63, 3.8) is 0 Å². The van der Waals surface area contributed by atoms with E-state index < -0.39 is 11.9 Å². The summed E-state index contributed by atoms with van der Waals surface area (Å²) in [6.45, 7) is 0. The van der Waals surface area contributed by atoms with E-state index in [1.165, 1.54) is 0 Å². The molecule has 1 aromatic carbocycles. The molecule has 3 N–H and O–H groups in total. The maximum Gasteiger partial charge on any atom is 0.328 e. The Labute approximate surface area is 141 Å². The Morgan fingerprint density at radius 2 is 1.75 bits per heavy atom. The molecule has 0 aliphatic heterocycles. The molecule has 0 aliphatic carbocycles. The fraction of sp³-hybridized carbons (Fsp3) is 0. The van der Waals surface area contributed by atoms with Crippen LogP contribution in [0.2, 0.25) is 5.02 Å². The highest BCUT2D eigenvalue weighted by Gasteiger charge is 2.10. The molecule has 0 aliphatic rings. The van der Waals surface area contributed by atoms with Crippen LogP contribution in [0.1, 0.15) is 0 Å². The van der Waals surface area contributed by atoms with Gasteiger partial charge in [0.2, 0.25) is 0 Å². The van der Waals surface area contributed by atoms with E-state index in [1.807, 2.05) is 30.3 Å². The Morgan fingerprint density at radius 3 is 2.38 bits per heavy atom. The average molecular weight is 346 g/mol. The number of aromatic amines is 1. The first-order valence-electron chi connectivity index (χ1n) is 6.66. The van der Waals surface area contributed by atoms with Crippen molar-refractivity contribution < 1.29 is 19.8 Å². The maximum absolute atomic E-state index is 9.55. The summed E-state index contributed by atoms with van der Waals surface area (Å²) in [5, 5.41) is 24.5. The number of hydrogen-bond donors (Lipinski definition) is 3. The molecule has 0 amide bonds. The van der Waals surface area contributed by atoms with Crippen LogP contribution >= 0.6 is 11.6 Å². The summed E-state index contributed by atoms with van der Waals surface area (Å²) < 4.78 is 0. The van der Waals surface area contributed by atoms with Crippen LogP contribution in [0.3, 0.4) is 0 Å². The summed E-state index contributed by atoms with van der Waals surface area (Å²) in [6.07, 6.45) is 4.64. The minimum atomic E-state index is -1.26. The highest BCUT2D eigenvalue weighted by molar-refractivity contribution is 6.33. The third kappa shape index (κ3) is 4.40. The number of aromatic nitrogens is 3. The van der Waals surface area contributed by atoms with Crippen molar-refractivity contribution >= 4 is 34.4 Å². The lowest BCUT2D eigenvalue weighted by Gasteiger charge is -1.99. The summed E-state index contributed by atoms with van der Waals surface area (Å²) in [5.74, 6) is -2.51. The molecule has 0 saturated carbocycles. The van der Waals surface area contributed by atoms with Crippen LogP contribution in [0.5, 0.6) is 0 Å². The number of nitrogens with zero attached hydrogens (tertiary/aromatic N) is 2. The normalized spacial score (nSPS) is 10.4. The first-order valence-corrected chi connectivity index (χ1v) is 7.03. The van der Waals surface area contributed by atoms with E-state index in [1.54, 1.807) is 12.4 Å². The van der Waals surface area contributed by atoms with E-state index in [4.69, 9.17) is 21.8 Å². The lowest BCUT2D eigenvalue weighted by Crippen LogP contribution is -1.91. The monoisotopic (exact) mass is 345 g/mol. The second kappa shape index (κ2) is 7.89. The van der Waals surface area contributed by atoms with E-state index >= 15 is 0 Å². The van der Waals surface area contributed by atoms with Gasteiger partial charge in [-0.05, 0) is 12.1 Å². The van der Waals surface area contributed by atoms with Crippen LogP contribution in [-0.2, 0) is 9.59 Å². The van der Waals surface area contributed by atoms with E-state index in [9.17, 15) is 9.59 Å². The highest BCUT2D eigenvalue weighted by Crippen LogP contribution is 2.30. The number of rotatable bonds is 3. The number of benzene rings is 1. The number of nitrogens with one attached hydrogen (secondary N) is 1. The van der Waals surface area contributed by atoms with Crippen molar-refractivity contribution in [1.82, 2.24) is 15.2 Å². The second-order valence-corrected chi connectivity index (χ2v) is 4.89. The number of pyridine rings is 1. The predicted molar refractivity (Wildman–Crippen MR) is 88.7 cm³/mol. The molecule has 0 spiro atoms. The molecule has 0 bridgehead atoms. The molecule has 3 rings (SSSR count). The van der Waals surface area contributed by atoms with Crippen molar-refractivity contribution in [3.05, 3.63) is 59.9 Å². The molecule has 0 saturated heterocycles. The SMILES string of the molecule is Clc1ccccc1-c1n[nH]c2ccncc12.O=C(O)C=CC(=O)O. The predicted octanol–water partition coefficient (Wildman–Crippen LogP) is 2.99. The largest absolute Gasteiger partial charge is 0.478 e. The minimum absolute atomic E-state index is 0.558. The van der Waals surface area contributed by atoms with Gasteiger partial charge in [0.25, 0.3) is 0 Å². The number of fused-ring (bicyclic) bond motifs is 1. The highest BCUT2D eigenvalue weighted by atomic mass is 35.5. The lowest BCUT2D eigenvalue weighted by atomic mass is 10.1. The first-order chi connectivity index (χ1) is 11.5.